The highest BCUT2D eigenvalue weighted by Crippen LogP contribution is 2.12. The number of oxime groups is 1. The van der Waals surface area contributed by atoms with Gasteiger partial charge in [-0.25, -0.2) is 0 Å². The Morgan fingerprint density at radius 2 is 2.05 bits per heavy atom. The van der Waals surface area contributed by atoms with Crippen molar-refractivity contribution in [3.63, 3.8) is 0 Å². The molecule has 0 aliphatic heterocycles. The summed E-state index contributed by atoms with van der Waals surface area (Å²) in [5.41, 5.74) is 8.71. The van der Waals surface area contributed by atoms with Crippen molar-refractivity contribution < 1.29 is 5.21 Å². The molecular formula is C15H25N3O. The first-order valence-corrected chi connectivity index (χ1v) is 6.74. The maximum absolute atomic E-state index is 8.66. The summed E-state index contributed by atoms with van der Waals surface area (Å²) >= 11 is 0. The quantitative estimate of drug-likeness (QED) is 0.320. The molecule has 0 radical (unpaired) electrons. The minimum atomic E-state index is 0.149. The summed E-state index contributed by atoms with van der Waals surface area (Å²) in [6, 6.07) is 6.35. The van der Waals surface area contributed by atoms with Crippen LogP contribution in [-0.4, -0.2) is 17.1 Å². The lowest BCUT2D eigenvalue weighted by molar-refractivity contribution is 0.318. The van der Waals surface area contributed by atoms with E-state index in [1.165, 1.54) is 12.0 Å². The average Bonchev–Trinajstić information content (AvgIpc) is 2.35. The molecule has 0 saturated carbocycles. The molecule has 0 spiro atoms. The zero-order valence-corrected chi connectivity index (χ0v) is 12.3. The van der Waals surface area contributed by atoms with Crippen molar-refractivity contribution in [3.8, 4) is 0 Å². The largest absolute Gasteiger partial charge is 0.409 e. The van der Waals surface area contributed by atoms with Crippen molar-refractivity contribution in [3.05, 3.63) is 34.9 Å². The second-order valence-corrected chi connectivity index (χ2v) is 5.54. The molecule has 0 aliphatic rings. The van der Waals surface area contributed by atoms with E-state index in [0.717, 1.165) is 17.7 Å². The van der Waals surface area contributed by atoms with Crippen LogP contribution in [-0.2, 0) is 6.54 Å². The van der Waals surface area contributed by atoms with E-state index in [9.17, 15) is 0 Å². The Kier molecular flexibility index (Phi) is 5.83. The smallest absolute Gasteiger partial charge is 0.170 e. The predicted molar refractivity (Wildman–Crippen MR) is 79.4 cm³/mol. The van der Waals surface area contributed by atoms with Crippen LogP contribution in [0.2, 0.25) is 0 Å². The van der Waals surface area contributed by atoms with Gasteiger partial charge in [0.05, 0.1) is 0 Å². The molecule has 1 aromatic carbocycles. The normalized spacial score (nSPS) is 13.8. The Hall–Kier alpha value is -1.55. The van der Waals surface area contributed by atoms with Gasteiger partial charge in [-0.05, 0) is 43.4 Å². The van der Waals surface area contributed by atoms with E-state index in [-0.39, 0.29) is 5.84 Å². The van der Waals surface area contributed by atoms with Crippen LogP contribution in [0.5, 0.6) is 0 Å². The predicted octanol–water partition coefficient (Wildman–Crippen LogP) is 2.61. The molecule has 1 unspecified atom stereocenters. The summed E-state index contributed by atoms with van der Waals surface area (Å²) in [4.78, 5) is 0. The third-order valence-corrected chi connectivity index (χ3v) is 3.21. The number of rotatable bonds is 6. The molecule has 0 amide bonds. The Bertz CT molecular complexity index is 441. The van der Waals surface area contributed by atoms with Crippen molar-refractivity contribution in [1.29, 1.82) is 0 Å². The van der Waals surface area contributed by atoms with Gasteiger partial charge >= 0.3 is 0 Å². The Labute approximate surface area is 115 Å². The van der Waals surface area contributed by atoms with E-state index < -0.39 is 0 Å². The minimum Gasteiger partial charge on any atom is -0.409 e. The van der Waals surface area contributed by atoms with Crippen molar-refractivity contribution in [2.24, 2.45) is 16.8 Å². The molecule has 0 aliphatic carbocycles. The zero-order valence-electron chi connectivity index (χ0n) is 12.3. The van der Waals surface area contributed by atoms with Gasteiger partial charge in [0.2, 0.25) is 0 Å². The molecule has 1 aromatic rings. The summed E-state index contributed by atoms with van der Waals surface area (Å²) in [6.07, 6.45) is 1.17. The van der Waals surface area contributed by atoms with Crippen LogP contribution >= 0.6 is 0 Å². The third kappa shape index (κ3) is 4.91. The molecule has 0 fully saturated rings. The number of aryl methyl sites for hydroxylation is 1. The first-order valence-electron chi connectivity index (χ1n) is 6.74. The summed E-state index contributed by atoms with van der Waals surface area (Å²) in [6.45, 7) is 9.55. The highest BCUT2D eigenvalue weighted by Gasteiger charge is 2.07. The number of nitrogens with zero attached hydrogens (tertiary/aromatic N) is 1. The molecule has 19 heavy (non-hydrogen) atoms. The first-order chi connectivity index (χ1) is 8.93. The molecular weight excluding hydrogens is 238 g/mol. The second-order valence-electron chi connectivity index (χ2n) is 5.54. The van der Waals surface area contributed by atoms with Crippen LogP contribution in [0.25, 0.3) is 0 Å². The van der Waals surface area contributed by atoms with Gasteiger partial charge in [-0.15, -0.1) is 0 Å². The van der Waals surface area contributed by atoms with Gasteiger partial charge in [-0.2, -0.15) is 0 Å². The highest BCUT2D eigenvalue weighted by atomic mass is 16.4. The molecule has 1 atom stereocenters. The van der Waals surface area contributed by atoms with Crippen molar-refractivity contribution in [1.82, 2.24) is 5.32 Å². The molecule has 0 saturated heterocycles. The number of hydrogen-bond donors (Lipinski definition) is 3. The van der Waals surface area contributed by atoms with Gasteiger partial charge < -0.3 is 16.3 Å². The lowest BCUT2D eigenvalue weighted by atomic mass is 10.0. The molecule has 106 valence electrons. The summed E-state index contributed by atoms with van der Waals surface area (Å²) in [5, 5.41) is 15.2. The summed E-state index contributed by atoms with van der Waals surface area (Å²) in [5.74, 6) is 0.849. The average molecular weight is 263 g/mol. The lowest BCUT2D eigenvalue weighted by Gasteiger charge is -2.17. The number of nitrogens with one attached hydrogen (secondary N) is 1. The van der Waals surface area contributed by atoms with Crippen molar-refractivity contribution in [2.45, 2.75) is 46.7 Å². The van der Waals surface area contributed by atoms with E-state index in [0.29, 0.717) is 12.0 Å². The van der Waals surface area contributed by atoms with Gasteiger partial charge in [0.25, 0.3) is 0 Å². The topological polar surface area (TPSA) is 70.6 Å². The summed E-state index contributed by atoms with van der Waals surface area (Å²) < 4.78 is 0. The Morgan fingerprint density at radius 3 is 2.58 bits per heavy atom. The maximum Gasteiger partial charge on any atom is 0.170 e. The number of benzene rings is 1. The lowest BCUT2D eigenvalue weighted by Crippen LogP contribution is -2.27. The van der Waals surface area contributed by atoms with E-state index in [1.807, 2.05) is 25.1 Å². The van der Waals surface area contributed by atoms with Crippen molar-refractivity contribution in [2.75, 3.05) is 0 Å². The van der Waals surface area contributed by atoms with E-state index in [4.69, 9.17) is 10.9 Å². The van der Waals surface area contributed by atoms with Gasteiger partial charge in [-0.3, -0.25) is 0 Å². The second kappa shape index (κ2) is 7.14. The van der Waals surface area contributed by atoms with Crippen LogP contribution < -0.4 is 11.1 Å². The molecule has 4 heteroatoms. The third-order valence-electron chi connectivity index (χ3n) is 3.21. The molecule has 1 rings (SSSR count). The van der Waals surface area contributed by atoms with Crippen LogP contribution in [0.4, 0.5) is 0 Å². The Balaban J connectivity index is 2.65. The maximum atomic E-state index is 8.66. The van der Waals surface area contributed by atoms with E-state index >= 15 is 0 Å². The monoisotopic (exact) mass is 263 g/mol. The fourth-order valence-electron chi connectivity index (χ4n) is 2.19. The summed E-state index contributed by atoms with van der Waals surface area (Å²) in [7, 11) is 0. The number of amidine groups is 1. The number of hydrogen-bond acceptors (Lipinski definition) is 3. The van der Waals surface area contributed by atoms with Crippen LogP contribution in [0.3, 0.4) is 0 Å². The molecule has 4 nitrogen and oxygen atoms in total. The van der Waals surface area contributed by atoms with Crippen LogP contribution in [0, 0.1) is 12.8 Å². The van der Waals surface area contributed by atoms with Gasteiger partial charge in [0.1, 0.15) is 0 Å². The number of nitrogens with two attached hydrogens (primary N) is 1. The van der Waals surface area contributed by atoms with Gasteiger partial charge in [-0.1, -0.05) is 31.1 Å². The first kappa shape index (κ1) is 15.5. The highest BCUT2D eigenvalue weighted by molar-refractivity contribution is 5.97. The standard InChI is InChI=1S/C15H25N3O/c1-10(2)7-12(4)17-9-14-6-5-13(8-11(14)3)15(16)18-19/h5-6,8,10,12,17,19H,7,9H2,1-4H3,(H2,16,18). The minimum absolute atomic E-state index is 0.149. The molecule has 4 N–H and O–H groups in total. The molecule has 0 bridgehead atoms. The van der Waals surface area contributed by atoms with Gasteiger partial charge in [0, 0.05) is 18.2 Å². The van der Waals surface area contributed by atoms with E-state index in [2.05, 4.69) is 31.2 Å². The van der Waals surface area contributed by atoms with Crippen molar-refractivity contribution >= 4 is 5.84 Å². The Morgan fingerprint density at radius 1 is 1.37 bits per heavy atom. The van der Waals surface area contributed by atoms with Crippen LogP contribution in [0.15, 0.2) is 23.4 Å². The molecule has 0 aromatic heterocycles. The zero-order chi connectivity index (χ0) is 14.4. The fourth-order valence-corrected chi connectivity index (χ4v) is 2.19. The van der Waals surface area contributed by atoms with Gasteiger partial charge in [0.15, 0.2) is 5.84 Å². The fraction of sp³-hybridized carbons (Fsp3) is 0.533. The molecule has 0 heterocycles. The van der Waals surface area contributed by atoms with Crippen LogP contribution in [0.1, 0.15) is 43.9 Å². The SMILES string of the molecule is Cc1cc(/C(N)=N/O)ccc1CNC(C)CC(C)C. The van der Waals surface area contributed by atoms with E-state index in [1.54, 1.807) is 0 Å².